The lowest BCUT2D eigenvalue weighted by molar-refractivity contribution is -0.118. The van der Waals surface area contributed by atoms with Crippen molar-refractivity contribution in [1.29, 1.82) is 0 Å². The summed E-state index contributed by atoms with van der Waals surface area (Å²) < 4.78 is 1.68. The minimum absolute atomic E-state index is 0.0387. The number of hydrogen-bond donors (Lipinski definition) is 1. The van der Waals surface area contributed by atoms with E-state index in [1.54, 1.807) is 16.8 Å². The lowest BCUT2D eigenvalue weighted by Gasteiger charge is -2.10. The molecule has 2 aromatic rings. The molecule has 0 radical (unpaired) electrons. The standard InChI is InChI=1S/C14H16ClN3O/c1-9(2)14(19)16-13-7-10(3)17-18(13)12-6-4-5-11(15)8-12/h4-9H,1-3H3,(H,16,19). The molecular formula is C14H16ClN3O. The predicted molar refractivity (Wildman–Crippen MR) is 76.8 cm³/mol. The van der Waals surface area contributed by atoms with Crippen molar-refractivity contribution in [3.63, 3.8) is 0 Å². The summed E-state index contributed by atoms with van der Waals surface area (Å²) in [5.41, 5.74) is 1.65. The van der Waals surface area contributed by atoms with Crippen molar-refractivity contribution in [1.82, 2.24) is 9.78 Å². The Bertz CT molecular complexity index is 604. The number of amides is 1. The Morgan fingerprint density at radius 1 is 1.37 bits per heavy atom. The van der Waals surface area contributed by atoms with Crippen LogP contribution in [0.15, 0.2) is 30.3 Å². The highest BCUT2D eigenvalue weighted by molar-refractivity contribution is 6.30. The Hall–Kier alpha value is -1.81. The van der Waals surface area contributed by atoms with Crippen LogP contribution in [-0.4, -0.2) is 15.7 Å². The van der Waals surface area contributed by atoms with E-state index in [2.05, 4.69) is 10.4 Å². The average molecular weight is 278 g/mol. The number of halogens is 1. The van der Waals surface area contributed by atoms with Gasteiger partial charge in [-0.1, -0.05) is 31.5 Å². The molecule has 0 saturated carbocycles. The summed E-state index contributed by atoms with van der Waals surface area (Å²) in [4.78, 5) is 11.8. The third-order valence-electron chi connectivity index (χ3n) is 2.66. The fraction of sp³-hybridized carbons (Fsp3) is 0.286. The Labute approximate surface area is 117 Å². The molecule has 0 fully saturated rings. The van der Waals surface area contributed by atoms with Gasteiger partial charge < -0.3 is 5.32 Å². The maximum Gasteiger partial charge on any atom is 0.228 e. The molecule has 0 atom stereocenters. The van der Waals surface area contributed by atoms with Crippen LogP contribution >= 0.6 is 11.6 Å². The monoisotopic (exact) mass is 277 g/mol. The third-order valence-corrected chi connectivity index (χ3v) is 2.90. The molecule has 0 aliphatic heterocycles. The zero-order valence-corrected chi connectivity index (χ0v) is 11.9. The van der Waals surface area contributed by atoms with Crippen LogP contribution in [0.1, 0.15) is 19.5 Å². The molecular weight excluding hydrogens is 262 g/mol. The van der Waals surface area contributed by atoms with Crippen LogP contribution in [-0.2, 0) is 4.79 Å². The highest BCUT2D eigenvalue weighted by Gasteiger charge is 2.13. The van der Waals surface area contributed by atoms with E-state index < -0.39 is 0 Å². The van der Waals surface area contributed by atoms with Crippen molar-refractivity contribution >= 4 is 23.3 Å². The molecule has 0 spiro atoms. The van der Waals surface area contributed by atoms with E-state index in [1.165, 1.54) is 0 Å². The molecule has 2 rings (SSSR count). The molecule has 100 valence electrons. The van der Waals surface area contributed by atoms with E-state index in [1.807, 2.05) is 39.0 Å². The van der Waals surface area contributed by atoms with Crippen LogP contribution < -0.4 is 5.32 Å². The highest BCUT2D eigenvalue weighted by atomic mass is 35.5. The van der Waals surface area contributed by atoms with Gasteiger partial charge in [0.15, 0.2) is 0 Å². The first-order chi connectivity index (χ1) is 8.97. The maximum absolute atomic E-state index is 11.8. The molecule has 1 aromatic heterocycles. The number of aromatic nitrogens is 2. The molecule has 1 aromatic carbocycles. The van der Waals surface area contributed by atoms with Crippen molar-refractivity contribution in [2.24, 2.45) is 5.92 Å². The number of anilines is 1. The third kappa shape index (κ3) is 3.15. The van der Waals surface area contributed by atoms with Gasteiger partial charge in [-0.3, -0.25) is 4.79 Å². The second kappa shape index (κ2) is 5.45. The Morgan fingerprint density at radius 2 is 2.11 bits per heavy atom. The van der Waals surface area contributed by atoms with E-state index >= 15 is 0 Å². The van der Waals surface area contributed by atoms with Gasteiger partial charge in [0.2, 0.25) is 5.91 Å². The van der Waals surface area contributed by atoms with Crippen LogP contribution in [0, 0.1) is 12.8 Å². The molecule has 0 aliphatic rings. The number of carbonyl (C=O) groups excluding carboxylic acids is 1. The van der Waals surface area contributed by atoms with Gasteiger partial charge in [-0.05, 0) is 25.1 Å². The maximum atomic E-state index is 11.8. The molecule has 0 saturated heterocycles. The molecule has 1 heterocycles. The zero-order valence-electron chi connectivity index (χ0n) is 11.1. The van der Waals surface area contributed by atoms with Crippen molar-refractivity contribution in [2.75, 3.05) is 5.32 Å². The summed E-state index contributed by atoms with van der Waals surface area (Å²) in [6.07, 6.45) is 0. The normalized spacial score (nSPS) is 10.8. The zero-order chi connectivity index (χ0) is 14.0. The van der Waals surface area contributed by atoms with E-state index in [9.17, 15) is 4.79 Å². The number of aryl methyl sites for hydroxylation is 1. The summed E-state index contributed by atoms with van der Waals surface area (Å²) in [5.74, 6) is 0.532. The first-order valence-corrected chi connectivity index (χ1v) is 6.48. The molecule has 1 N–H and O–H groups in total. The SMILES string of the molecule is Cc1cc(NC(=O)C(C)C)n(-c2cccc(Cl)c2)n1. The largest absolute Gasteiger partial charge is 0.310 e. The van der Waals surface area contributed by atoms with Gasteiger partial charge >= 0.3 is 0 Å². The number of benzene rings is 1. The quantitative estimate of drug-likeness (QED) is 0.934. The van der Waals surface area contributed by atoms with Crippen molar-refractivity contribution in [3.8, 4) is 5.69 Å². The van der Waals surface area contributed by atoms with Crippen molar-refractivity contribution in [3.05, 3.63) is 41.0 Å². The van der Waals surface area contributed by atoms with Gasteiger partial charge in [-0.2, -0.15) is 5.10 Å². The predicted octanol–water partition coefficient (Wildman–Crippen LogP) is 3.43. The van der Waals surface area contributed by atoms with Crippen molar-refractivity contribution < 1.29 is 4.79 Å². The van der Waals surface area contributed by atoms with Gasteiger partial charge in [-0.15, -0.1) is 0 Å². The number of rotatable bonds is 3. The van der Waals surface area contributed by atoms with Gasteiger partial charge in [-0.25, -0.2) is 4.68 Å². The second-order valence-electron chi connectivity index (χ2n) is 4.71. The molecule has 0 bridgehead atoms. The lowest BCUT2D eigenvalue weighted by Crippen LogP contribution is -2.19. The van der Waals surface area contributed by atoms with Gasteiger partial charge in [0.1, 0.15) is 5.82 Å². The van der Waals surface area contributed by atoms with Gasteiger partial charge in [0.25, 0.3) is 0 Å². The Morgan fingerprint density at radius 3 is 2.74 bits per heavy atom. The van der Waals surface area contributed by atoms with E-state index in [-0.39, 0.29) is 11.8 Å². The Kier molecular flexibility index (Phi) is 3.90. The Balaban J connectivity index is 2.38. The highest BCUT2D eigenvalue weighted by Crippen LogP contribution is 2.20. The average Bonchev–Trinajstić information content (AvgIpc) is 2.70. The summed E-state index contributed by atoms with van der Waals surface area (Å²) in [7, 11) is 0. The molecule has 1 amide bonds. The lowest BCUT2D eigenvalue weighted by atomic mass is 10.2. The first-order valence-electron chi connectivity index (χ1n) is 6.11. The summed E-state index contributed by atoms with van der Waals surface area (Å²) in [5, 5.41) is 7.88. The van der Waals surface area contributed by atoms with E-state index in [0.717, 1.165) is 11.4 Å². The van der Waals surface area contributed by atoms with E-state index in [0.29, 0.717) is 10.8 Å². The van der Waals surface area contributed by atoms with Crippen LogP contribution in [0.4, 0.5) is 5.82 Å². The minimum Gasteiger partial charge on any atom is -0.310 e. The summed E-state index contributed by atoms with van der Waals surface area (Å²) >= 11 is 5.98. The number of nitrogens with one attached hydrogen (secondary N) is 1. The van der Waals surface area contributed by atoms with Gasteiger partial charge in [0, 0.05) is 17.0 Å². The fourth-order valence-corrected chi connectivity index (χ4v) is 1.85. The molecule has 19 heavy (non-hydrogen) atoms. The number of hydrogen-bond acceptors (Lipinski definition) is 2. The topological polar surface area (TPSA) is 46.9 Å². The second-order valence-corrected chi connectivity index (χ2v) is 5.14. The minimum atomic E-state index is -0.0805. The molecule has 4 nitrogen and oxygen atoms in total. The first kappa shape index (κ1) is 13.6. The molecule has 0 aliphatic carbocycles. The molecule has 5 heteroatoms. The number of nitrogens with zero attached hydrogens (tertiary/aromatic N) is 2. The van der Waals surface area contributed by atoms with Crippen molar-refractivity contribution in [2.45, 2.75) is 20.8 Å². The fourth-order valence-electron chi connectivity index (χ4n) is 1.66. The van der Waals surface area contributed by atoms with Gasteiger partial charge in [0.05, 0.1) is 11.4 Å². The molecule has 0 unspecified atom stereocenters. The summed E-state index contributed by atoms with van der Waals surface area (Å²) in [6, 6.07) is 9.18. The number of carbonyl (C=O) groups is 1. The van der Waals surface area contributed by atoms with Crippen LogP contribution in [0.2, 0.25) is 5.02 Å². The van der Waals surface area contributed by atoms with Crippen LogP contribution in [0.3, 0.4) is 0 Å². The van der Waals surface area contributed by atoms with Crippen LogP contribution in [0.25, 0.3) is 5.69 Å². The smallest absolute Gasteiger partial charge is 0.228 e. The summed E-state index contributed by atoms with van der Waals surface area (Å²) in [6.45, 7) is 5.58. The van der Waals surface area contributed by atoms with Crippen LogP contribution in [0.5, 0.6) is 0 Å². The van der Waals surface area contributed by atoms with E-state index in [4.69, 9.17) is 11.6 Å².